The maximum atomic E-state index is 4.87. The van der Waals surface area contributed by atoms with Crippen LogP contribution in [0.1, 0.15) is 36.0 Å². The summed E-state index contributed by atoms with van der Waals surface area (Å²) in [6, 6.07) is 6.94. The van der Waals surface area contributed by atoms with Crippen molar-refractivity contribution in [1.82, 2.24) is 15.3 Å². The number of fused-ring (bicyclic) bond motifs is 3. The first-order valence-electron chi connectivity index (χ1n) is 6.92. The van der Waals surface area contributed by atoms with Crippen molar-refractivity contribution in [2.45, 2.75) is 31.7 Å². The van der Waals surface area contributed by atoms with E-state index in [9.17, 15) is 0 Å². The van der Waals surface area contributed by atoms with Gasteiger partial charge < -0.3 is 10.3 Å². The molecule has 1 atom stereocenters. The standard InChI is InChI=1S/C15H16BrN3/c16-10-4-5-11-9(8-10)3-6-12-14(11)19-15(18-12)13-2-1-7-17-13/h4-5,8,13,17H,1-3,6-7H2,(H,18,19). The van der Waals surface area contributed by atoms with E-state index in [0.29, 0.717) is 6.04 Å². The van der Waals surface area contributed by atoms with E-state index >= 15 is 0 Å². The molecular formula is C15H16BrN3. The first-order chi connectivity index (χ1) is 9.31. The number of H-pyrrole nitrogens is 1. The molecule has 1 unspecified atom stereocenters. The number of imidazole rings is 1. The number of benzene rings is 1. The molecule has 2 heterocycles. The molecule has 0 radical (unpaired) electrons. The zero-order valence-corrected chi connectivity index (χ0v) is 12.3. The molecule has 2 aliphatic rings. The fourth-order valence-electron chi connectivity index (χ4n) is 3.18. The van der Waals surface area contributed by atoms with Gasteiger partial charge in [0.05, 0.1) is 11.7 Å². The van der Waals surface area contributed by atoms with Gasteiger partial charge in [0.2, 0.25) is 0 Å². The van der Waals surface area contributed by atoms with Crippen LogP contribution >= 0.6 is 15.9 Å². The highest BCUT2D eigenvalue weighted by Gasteiger charge is 2.25. The molecule has 1 fully saturated rings. The number of hydrogen-bond donors (Lipinski definition) is 2. The fraction of sp³-hybridized carbons (Fsp3) is 0.400. The monoisotopic (exact) mass is 317 g/mol. The summed E-state index contributed by atoms with van der Waals surface area (Å²) >= 11 is 3.55. The lowest BCUT2D eigenvalue weighted by atomic mass is 9.92. The summed E-state index contributed by atoms with van der Waals surface area (Å²) in [5.41, 5.74) is 5.17. The van der Waals surface area contributed by atoms with E-state index in [1.807, 2.05) is 0 Å². The molecule has 1 aliphatic carbocycles. The molecule has 4 heteroatoms. The van der Waals surface area contributed by atoms with E-state index in [2.05, 4.69) is 44.4 Å². The van der Waals surface area contributed by atoms with Gasteiger partial charge in [-0.1, -0.05) is 22.0 Å². The normalized spacial score (nSPS) is 21.2. The van der Waals surface area contributed by atoms with Crippen molar-refractivity contribution in [3.05, 3.63) is 39.8 Å². The SMILES string of the molecule is Brc1ccc2c(c1)CCc1[nH]c(C3CCCN3)nc1-2. The summed E-state index contributed by atoms with van der Waals surface area (Å²) in [5, 5.41) is 3.51. The smallest absolute Gasteiger partial charge is 0.124 e. The highest BCUT2D eigenvalue weighted by molar-refractivity contribution is 9.10. The second-order valence-electron chi connectivity index (χ2n) is 5.40. The minimum Gasteiger partial charge on any atom is -0.344 e. The third kappa shape index (κ3) is 1.94. The summed E-state index contributed by atoms with van der Waals surface area (Å²) in [6.45, 7) is 1.11. The summed E-state index contributed by atoms with van der Waals surface area (Å²) < 4.78 is 1.16. The van der Waals surface area contributed by atoms with Crippen LogP contribution in [0.15, 0.2) is 22.7 Å². The number of nitrogens with zero attached hydrogens (tertiary/aromatic N) is 1. The maximum Gasteiger partial charge on any atom is 0.124 e. The Bertz CT molecular complexity index is 626. The number of hydrogen-bond acceptors (Lipinski definition) is 2. The van der Waals surface area contributed by atoms with E-state index in [4.69, 9.17) is 4.98 Å². The van der Waals surface area contributed by atoms with Crippen LogP contribution in [0.2, 0.25) is 0 Å². The molecule has 1 aromatic carbocycles. The average Bonchev–Trinajstić information content (AvgIpc) is 3.06. The van der Waals surface area contributed by atoms with Crippen molar-refractivity contribution in [3.8, 4) is 11.3 Å². The molecule has 0 saturated carbocycles. The number of nitrogens with one attached hydrogen (secondary N) is 2. The molecule has 0 bridgehead atoms. The predicted octanol–water partition coefficient (Wildman–Crippen LogP) is 3.36. The maximum absolute atomic E-state index is 4.87. The highest BCUT2D eigenvalue weighted by Crippen LogP contribution is 2.35. The lowest BCUT2D eigenvalue weighted by molar-refractivity contribution is 0.611. The largest absolute Gasteiger partial charge is 0.344 e. The van der Waals surface area contributed by atoms with Crippen molar-refractivity contribution >= 4 is 15.9 Å². The molecule has 2 N–H and O–H groups in total. The summed E-state index contributed by atoms with van der Waals surface area (Å²) in [7, 11) is 0. The molecule has 1 aliphatic heterocycles. The molecule has 2 aromatic rings. The zero-order valence-electron chi connectivity index (χ0n) is 10.7. The van der Waals surface area contributed by atoms with Crippen LogP contribution in [0.3, 0.4) is 0 Å². The molecule has 98 valence electrons. The molecule has 19 heavy (non-hydrogen) atoms. The van der Waals surface area contributed by atoms with Crippen LogP contribution in [0.25, 0.3) is 11.3 Å². The van der Waals surface area contributed by atoms with Crippen molar-refractivity contribution in [2.24, 2.45) is 0 Å². The molecule has 4 rings (SSSR count). The first-order valence-corrected chi connectivity index (χ1v) is 7.71. The van der Waals surface area contributed by atoms with Crippen molar-refractivity contribution in [2.75, 3.05) is 6.54 Å². The Labute approximate surface area is 121 Å². The summed E-state index contributed by atoms with van der Waals surface area (Å²) in [6.07, 6.45) is 4.61. The Morgan fingerprint density at radius 2 is 2.21 bits per heavy atom. The van der Waals surface area contributed by atoms with Gasteiger partial charge in [-0.05, 0) is 49.9 Å². The van der Waals surface area contributed by atoms with Crippen LogP contribution < -0.4 is 5.32 Å². The van der Waals surface area contributed by atoms with Crippen LogP contribution in [0.5, 0.6) is 0 Å². The average molecular weight is 318 g/mol. The Morgan fingerprint density at radius 3 is 3.05 bits per heavy atom. The molecular weight excluding hydrogens is 302 g/mol. The van der Waals surface area contributed by atoms with E-state index < -0.39 is 0 Å². The van der Waals surface area contributed by atoms with Gasteiger partial charge in [-0.2, -0.15) is 0 Å². The zero-order chi connectivity index (χ0) is 12.8. The molecule has 1 saturated heterocycles. The Kier molecular flexibility index (Phi) is 2.74. The molecule has 1 aromatic heterocycles. The van der Waals surface area contributed by atoms with Crippen molar-refractivity contribution in [3.63, 3.8) is 0 Å². The lowest BCUT2D eigenvalue weighted by Gasteiger charge is -2.14. The van der Waals surface area contributed by atoms with Crippen LogP contribution in [0, 0.1) is 0 Å². The first kappa shape index (κ1) is 11.7. The van der Waals surface area contributed by atoms with E-state index in [-0.39, 0.29) is 0 Å². The minimum atomic E-state index is 0.421. The van der Waals surface area contributed by atoms with Gasteiger partial charge in [0.15, 0.2) is 0 Å². The van der Waals surface area contributed by atoms with Crippen LogP contribution in [-0.4, -0.2) is 16.5 Å². The topological polar surface area (TPSA) is 40.7 Å². The quantitative estimate of drug-likeness (QED) is 0.846. The van der Waals surface area contributed by atoms with E-state index in [1.165, 1.54) is 29.7 Å². The van der Waals surface area contributed by atoms with Gasteiger partial charge in [0.1, 0.15) is 5.82 Å². The van der Waals surface area contributed by atoms with Crippen molar-refractivity contribution < 1.29 is 0 Å². The van der Waals surface area contributed by atoms with Gasteiger partial charge in [-0.3, -0.25) is 0 Å². The van der Waals surface area contributed by atoms with Crippen molar-refractivity contribution in [1.29, 1.82) is 0 Å². The summed E-state index contributed by atoms with van der Waals surface area (Å²) in [5.74, 6) is 1.12. The second kappa shape index (κ2) is 4.46. The van der Waals surface area contributed by atoms with E-state index in [0.717, 1.165) is 35.4 Å². The van der Waals surface area contributed by atoms with E-state index in [1.54, 1.807) is 0 Å². The van der Waals surface area contributed by atoms with Gasteiger partial charge in [-0.15, -0.1) is 0 Å². The van der Waals surface area contributed by atoms with Crippen LogP contribution in [0.4, 0.5) is 0 Å². The third-order valence-corrected chi connectivity index (χ3v) is 4.65. The summed E-state index contributed by atoms with van der Waals surface area (Å²) in [4.78, 5) is 8.42. The molecule has 0 amide bonds. The Hall–Kier alpha value is -1.13. The Morgan fingerprint density at radius 1 is 1.26 bits per heavy atom. The minimum absolute atomic E-state index is 0.421. The van der Waals surface area contributed by atoms with Gasteiger partial charge in [0, 0.05) is 15.7 Å². The highest BCUT2D eigenvalue weighted by atomic mass is 79.9. The Balaban J connectivity index is 1.79. The number of rotatable bonds is 1. The number of halogens is 1. The second-order valence-corrected chi connectivity index (χ2v) is 6.32. The molecule has 0 spiro atoms. The number of aromatic amines is 1. The van der Waals surface area contributed by atoms with Crippen LogP contribution in [-0.2, 0) is 12.8 Å². The van der Waals surface area contributed by atoms with Gasteiger partial charge >= 0.3 is 0 Å². The number of aromatic nitrogens is 2. The van der Waals surface area contributed by atoms with Gasteiger partial charge in [0.25, 0.3) is 0 Å². The number of aryl methyl sites for hydroxylation is 2. The predicted molar refractivity (Wildman–Crippen MR) is 79.1 cm³/mol. The fourth-order valence-corrected chi connectivity index (χ4v) is 3.58. The van der Waals surface area contributed by atoms with Gasteiger partial charge in [-0.25, -0.2) is 4.98 Å². The molecule has 3 nitrogen and oxygen atoms in total. The third-order valence-electron chi connectivity index (χ3n) is 4.15. The lowest BCUT2D eigenvalue weighted by Crippen LogP contribution is -2.14.